The van der Waals surface area contributed by atoms with Crippen molar-refractivity contribution in [2.45, 2.75) is 12.5 Å². The Hall–Kier alpha value is -1.28. The smallest absolute Gasteiger partial charge is 0.119 e. The van der Waals surface area contributed by atoms with Gasteiger partial charge in [-0.2, -0.15) is 0 Å². The second-order valence-electron chi connectivity index (χ2n) is 2.99. The first-order valence-corrected chi connectivity index (χ1v) is 4.73. The molecule has 0 aromatic rings. The third-order valence-corrected chi connectivity index (χ3v) is 1.91. The topological polar surface area (TPSA) is 18.5 Å². The molecule has 0 saturated carbocycles. The van der Waals surface area contributed by atoms with E-state index in [1.807, 2.05) is 18.2 Å². The van der Waals surface area contributed by atoms with Crippen molar-refractivity contribution >= 4 is 0 Å². The molecule has 0 bridgehead atoms. The fourth-order valence-electron chi connectivity index (χ4n) is 1.04. The Labute approximate surface area is 85.2 Å². The van der Waals surface area contributed by atoms with Gasteiger partial charge in [-0.1, -0.05) is 31.4 Å². The Morgan fingerprint density at radius 1 is 1.43 bits per heavy atom. The van der Waals surface area contributed by atoms with Gasteiger partial charge in [-0.15, -0.1) is 0 Å². The van der Waals surface area contributed by atoms with Gasteiger partial charge in [0.2, 0.25) is 0 Å². The number of hydrogen-bond acceptors (Lipinski definition) is 2. The van der Waals surface area contributed by atoms with Gasteiger partial charge in [0.25, 0.3) is 0 Å². The summed E-state index contributed by atoms with van der Waals surface area (Å²) in [5, 5.41) is 0. The molecule has 0 radical (unpaired) electrons. The second kappa shape index (κ2) is 6.22. The van der Waals surface area contributed by atoms with Crippen molar-refractivity contribution in [3.8, 4) is 0 Å². The lowest BCUT2D eigenvalue weighted by molar-refractivity contribution is -0.0821. The summed E-state index contributed by atoms with van der Waals surface area (Å²) in [7, 11) is 0. The van der Waals surface area contributed by atoms with E-state index in [4.69, 9.17) is 9.47 Å². The van der Waals surface area contributed by atoms with Crippen LogP contribution in [0.2, 0.25) is 0 Å². The molecule has 1 atom stereocenters. The van der Waals surface area contributed by atoms with Crippen LogP contribution in [-0.2, 0) is 9.47 Å². The maximum Gasteiger partial charge on any atom is 0.119 e. The average Bonchev–Trinajstić information content (AvgIpc) is 2.11. The van der Waals surface area contributed by atoms with E-state index in [0.717, 1.165) is 18.8 Å². The van der Waals surface area contributed by atoms with E-state index in [0.29, 0.717) is 6.61 Å². The van der Waals surface area contributed by atoms with Gasteiger partial charge in [0.05, 0.1) is 6.10 Å². The SMILES string of the molecule is C=C/C=C\C(=C/C=C)OC[C@@H]1CCO1. The third kappa shape index (κ3) is 3.62. The van der Waals surface area contributed by atoms with Crippen molar-refractivity contribution in [2.24, 2.45) is 0 Å². The molecule has 1 aliphatic rings. The highest BCUT2D eigenvalue weighted by Crippen LogP contribution is 2.13. The minimum Gasteiger partial charge on any atom is -0.491 e. The van der Waals surface area contributed by atoms with Gasteiger partial charge in [-0.25, -0.2) is 0 Å². The molecule has 14 heavy (non-hydrogen) atoms. The monoisotopic (exact) mass is 192 g/mol. The molecule has 1 heterocycles. The van der Waals surface area contributed by atoms with Crippen molar-refractivity contribution in [3.63, 3.8) is 0 Å². The highest BCUT2D eigenvalue weighted by atomic mass is 16.5. The van der Waals surface area contributed by atoms with Gasteiger partial charge in [-0.3, -0.25) is 0 Å². The molecular weight excluding hydrogens is 176 g/mol. The molecule has 1 fully saturated rings. The summed E-state index contributed by atoms with van der Waals surface area (Å²) in [5.41, 5.74) is 0. The van der Waals surface area contributed by atoms with Crippen LogP contribution in [0.5, 0.6) is 0 Å². The lowest BCUT2D eigenvalue weighted by atomic mass is 10.2. The number of ether oxygens (including phenoxy) is 2. The van der Waals surface area contributed by atoms with Crippen LogP contribution in [0.4, 0.5) is 0 Å². The van der Waals surface area contributed by atoms with E-state index in [9.17, 15) is 0 Å². The van der Waals surface area contributed by atoms with Crippen LogP contribution in [0.15, 0.2) is 49.3 Å². The normalized spacial score (nSPS) is 21.7. The molecule has 76 valence electrons. The van der Waals surface area contributed by atoms with Crippen molar-refractivity contribution in [1.29, 1.82) is 0 Å². The average molecular weight is 192 g/mol. The summed E-state index contributed by atoms with van der Waals surface area (Å²) in [6, 6.07) is 0. The first-order valence-electron chi connectivity index (χ1n) is 4.73. The molecule has 0 aliphatic carbocycles. The predicted octanol–water partition coefficient (Wildman–Crippen LogP) is 2.60. The van der Waals surface area contributed by atoms with Crippen molar-refractivity contribution < 1.29 is 9.47 Å². The molecule has 0 unspecified atom stereocenters. The highest BCUT2D eigenvalue weighted by Gasteiger charge is 2.18. The van der Waals surface area contributed by atoms with E-state index >= 15 is 0 Å². The minimum atomic E-state index is 0.264. The fraction of sp³-hybridized carbons (Fsp3) is 0.333. The quantitative estimate of drug-likeness (QED) is 0.475. The van der Waals surface area contributed by atoms with Crippen LogP contribution in [0.1, 0.15) is 6.42 Å². The molecule has 1 aliphatic heterocycles. The molecule has 1 rings (SSSR count). The largest absolute Gasteiger partial charge is 0.491 e. The minimum absolute atomic E-state index is 0.264. The van der Waals surface area contributed by atoms with E-state index < -0.39 is 0 Å². The van der Waals surface area contributed by atoms with Gasteiger partial charge in [0, 0.05) is 13.0 Å². The summed E-state index contributed by atoms with van der Waals surface area (Å²) in [4.78, 5) is 0. The van der Waals surface area contributed by atoms with Gasteiger partial charge in [0.15, 0.2) is 0 Å². The first-order chi connectivity index (χ1) is 6.86. The Balaban J connectivity index is 2.33. The third-order valence-electron chi connectivity index (χ3n) is 1.91. The van der Waals surface area contributed by atoms with E-state index in [1.54, 1.807) is 12.2 Å². The Morgan fingerprint density at radius 3 is 2.71 bits per heavy atom. The summed E-state index contributed by atoms with van der Waals surface area (Å²) in [5.74, 6) is 0.787. The van der Waals surface area contributed by atoms with E-state index in [2.05, 4.69) is 13.2 Å². The summed E-state index contributed by atoms with van der Waals surface area (Å²) in [6.07, 6.45) is 10.3. The highest BCUT2D eigenvalue weighted by molar-refractivity contribution is 5.19. The predicted molar refractivity (Wildman–Crippen MR) is 57.9 cm³/mol. The van der Waals surface area contributed by atoms with Crippen LogP contribution >= 0.6 is 0 Å². The molecule has 0 aromatic heterocycles. The maximum atomic E-state index is 5.52. The summed E-state index contributed by atoms with van der Waals surface area (Å²) in [6.45, 7) is 8.69. The van der Waals surface area contributed by atoms with E-state index in [1.165, 1.54) is 0 Å². The van der Waals surface area contributed by atoms with Crippen LogP contribution < -0.4 is 0 Å². The standard InChI is InChI=1S/C12H16O2/c1-3-5-7-11(6-4-2)14-10-12-8-9-13-12/h3-7,12H,1-2,8-10H2/b7-5-,11-6+/t12-/m0/s1. The zero-order valence-corrected chi connectivity index (χ0v) is 8.32. The van der Waals surface area contributed by atoms with Crippen LogP contribution in [-0.4, -0.2) is 19.3 Å². The first kappa shape index (κ1) is 10.8. The van der Waals surface area contributed by atoms with Crippen LogP contribution in [0.3, 0.4) is 0 Å². The number of hydrogen-bond donors (Lipinski definition) is 0. The number of rotatable bonds is 6. The maximum absolute atomic E-state index is 5.52. The molecule has 0 spiro atoms. The molecule has 0 aromatic carbocycles. The molecule has 0 N–H and O–H groups in total. The van der Waals surface area contributed by atoms with Crippen molar-refractivity contribution in [1.82, 2.24) is 0 Å². The van der Waals surface area contributed by atoms with Gasteiger partial charge in [-0.05, 0) is 12.2 Å². The van der Waals surface area contributed by atoms with Gasteiger partial charge in [0.1, 0.15) is 12.4 Å². The molecule has 0 amide bonds. The Bertz CT molecular complexity index is 247. The molecule has 1 saturated heterocycles. The molecule has 2 nitrogen and oxygen atoms in total. The number of allylic oxidation sites excluding steroid dienone is 5. The Kier molecular flexibility index (Phi) is 4.79. The van der Waals surface area contributed by atoms with Crippen LogP contribution in [0, 0.1) is 0 Å². The van der Waals surface area contributed by atoms with Gasteiger partial charge >= 0.3 is 0 Å². The van der Waals surface area contributed by atoms with Gasteiger partial charge < -0.3 is 9.47 Å². The molecule has 2 heteroatoms. The zero-order chi connectivity index (χ0) is 10.2. The lowest BCUT2D eigenvalue weighted by Gasteiger charge is -2.26. The van der Waals surface area contributed by atoms with Crippen molar-refractivity contribution in [2.75, 3.05) is 13.2 Å². The summed E-state index contributed by atoms with van der Waals surface area (Å²) < 4.78 is 10.8. The lowest BCUT2D eigenvalue weighted by Crippen LogP contribution is -2.31. The van der Waals surface area contributed by atoms with Crippen LogP contribution in [0.25, 0.3) is 0 Å². The molecular formula is C12H16O2. The fourth-order valence-corrected chi connectivity index (χ4v) is 1.04. The Morgan fingerprint density at radius 2 is 2.21 bits per heavy atom. The zero-order valence-electron chi connectivity index (χ0n) is 8.32. The second-order valence-corrected chi connectivity index (χ2v) is 2.99. The van der Waals surface area contributed by atoms with Crippen molar-refractivity contribution in [3.05, 3.63) is 49.3 Å². The summed E-state index contributed by atoms with van der Waals surface area (Å²) >= 11 is 0. The van der Waals surface area contributed by atoms with E-state index in [-0.39, 0.29) is 6.10 Å².